The summed E-state index contributed by atoms with van der Waals surface area (Å²) in [6.07, 6.45) is 7.75. The van der Waals surface area contributed by atoms with Crippen LogP contribution in [0.3, 0.4) is 0 Å². The molecule has 1 N–H and O–H groups in total. The van der Waals surface area contributed by atoms with E-state index in [0.717, 1.165) is 25.6 Å². The highest BCUT2D eigenvalue weighted by Gasteiger charge is 2.23. The fourth-order valence-electron chi connectivity index (χ4n) is 2.67. The second kappa shape index (κ2) is 7.29. The van der Waals surface area contributed by atoms with Gasteiger partial charge in [0, 0.05) is 12.6 Å². The van der Waals surface area contributed by atoms with Crippen LogP contribution in [-0.4, -0.2) is 35.2 Å². The lowest BCUT2D eigenvalue weighted by atomic mass is 9.93. The van der Waals surface area contributed by atoms with Gasteiger partial charge in [0.1, 0.15) is 0 Å². The monoisotopic (exact) mass is 227 g/mol. The van der Waals surface area contributed by atoms with Crippen molar-refractivity contribution in [1.29, 1.82) is 0 Å². The molecular formula is C14H29NO. The molecule has 0 heterocycles. The molecule has 2 nitrogen and oxygen atoms in total. The van der Waals surface area contributed by atoms with Gasteiger partial charge in [-0.15, -0.1) is 0 Å². The van der Waals surface area contributed by atoms with Crippen LogP contribution in [0, 0.1) is 5.92 Å². The Morgan fingerprint density at radius 2 is 1.81 bits per heavy atom. The highest BCUT2D eigenvalue weighted by Crippen LogP contribution is 2.23. The highest BCUT2D eigenvalue weighted by molar-refractivity contribution is 4.78. The van der Waals surface area contributed by atoms with Crippen LogP contribution in [0.15, 0.2) is 0 Å². The zero-order chi connectivity index (χ0) is 12.0. The second-order valence-corrected chi connectivity index (χ2v) is 5.33. The van der Waals surface area contributed by atoms with Gasteiger partial charge in [0.2, 0.25) is 0 Å². The zero-order valence-corrected chi connectivity index (χ0v) is 11.3. The number of rotatable bonds is 6. The molecule has 0 aromatic rings. The summed E-state index contributed by atoms with van der Waals surface area (Å²) in [4.78, 5) is 2.50. The molecule has 0 amide bonds. The van der Waals surface area contributed by atoms with Crippen molar-refractivity contribution >= 4 is 0 Å². The van der Waals surface area contributed by atoms with Crippen molar-refractivity contribution in [2.45, 2.75) is 71.4 Å². The maximum atomic E-state index is 10.1. The minimum Gasteiger partial charge on any atom is -0.392 e. The van der Waals surface area contributed by atoms with Gasteiger partial charge in [-0.3, -0.25) is 4.90 Å². The van der Waals surface area contributed by atoms with Crippen molar-refractivity contribution in [3.63, 3.8) is 0 Å². The lowest BCUT2D eigenvalue weighted by Gasteiger charge is -2.35. The van der Waals surface area contributed by atoms with E-state index in [9.17, 15) is 5.11 Å². The molecule has 0 bridgehead atoms. The van der Waals surface area contributed by atoms with Crippen LogP contribution in [0.1, 0.15) is 59.3 Å². The topological polar surface area (TPSA) is 23.5 Å². The van der Waals surface area contributed by atoms with E-state index in [1.54, 1.807) is 0 Å². The Balaban J connectivity index is 2.40. The van der Waals surface area contributed by atoms with Gasteiger partial charge >= 0.3 is 0 Å². The average molecular weight is 227 g/mol. The molecule has 0 aromatic heterocycles. The molecule has 96 valence electrons. The average Bonchev–Trinajstić information content (AvgIpc) is 2.35. The van der Waals surface area contributed by atoms with Crippen molar-refractivity contribution in [2.24, 2.45) is 5.92 Å². The molecule has 0 spiro atoms. The SMILES string of the molecule is CCC(C)C(O)CN(CC)C1CCCCC1. The number of likely N-dealkylation sites (N-methyl/N-ethyl adjacent to an activating group) is 1. The summed E-state index contributed by atoms with van der Waals surface area (Å²) in [5, 5.41) is 10.1. The first-order valence-corrected chi connectivity index (χ1v) is 7.11. The molecule has 2 unspecified atom stereocenters. The molecule has 1 saturated carbocycles. The third kappa shape index (κ3) is 4.06. The summed E-state index contributed by atoms with van der Waals surface area (Å²) >= 11 is 0. The van der Waals surface area contributed by atoms with Crippen molar-refractivity contribution in [3.05, 3.63) is 0 Å². The summed E-state index contributed by atoms with van der Waals surface area (Å²) in [6, 6.07) is 0.734. The smallest absolute Gasteiger partial charge is 0.0692 e. The lowest BCUT2D eigenvalue weighted by molar-refractivity contribution is 0.0446. The Morgan fingerprint density at radius 1 is 1.19 bits per heavy atom. The number of aliphatic hydroxyl groups excluding tert-OH is 1. The Morgan fingerprint density at radius 3 is 2.31 bits per heavy atom. The van der Waals surface area contributed by atoms with Crippen LogP contribution in [-0.2, 0) is 0 Å². The van der Waals surface area contributed by atoms with E-state index in [-0.39, 0.29) is 6.10 Å². The van der Waals surface area contributed by atoms with E-state index in [2.05, 4.69) is 25.7 Å². The molecule has 1 fully saturated rings. The summed E-state index contributed by atoms with van der Waals surface area (Å²) < 4.78 is 0. The van der Waals surface area contributed by atoms with Crippen molar-refractivity contribution < 1.29 is 5.11 Å². The van der Waals surface area contributed by atoms with Gasteiger partial charge in [0.05, 0.1) is 6.10 Å². The van der Waals surface area contributed by atoms with Gasteiger partial charge in [0.25, 0.3) is 0 Å². The molecule has 0 radical (unpaired) electrons. The molecule has 1 aliphatic carbocycles. The highest BCUT2D eigenvalue weighted by atomic mass is 16.3. The minimum absolute atomic E-state index is 0.146. The third-order valence-corrected chi connectivity index (χ3v) is 4.22. The van der Waals surface area contributed by atoms with Crippen molar-refractivity contribution in [1.82, 2.24) is 4.90 Å². The van der Waals surface area contributed by atoms with Crippen molar-refractivity contribution in [3.8, 4) is 0 Å². The predicted molar refractivity (Wildman–Crippen MR) is 69.6 cm³/mol. The van der Waals surface area contributed by atoms with E-state index in [1.807, 2.05) is 0 Å². The summed E-state index contributed by atoms with van der Waals surface area (Å²) in [7, 11) is 0. The number of hydrogen-bond donors (Lipinski definition) is 1. The van der Waals surface area contributed by atoms with Crippen LogP contribution in [0.5, 0.6) is 0 Å². The Bertz CT molecular complexity index is 178. The minimum atomic E-state index is -0.146. The Hall–Kier alpha value is -0.0800. The molecule has 1 rings (SSSR count). The number of nitrogens with zero attached hydrogens (tertiary/aromatic N) is 1. The van der Waals surface area contributed by atoms with E-state index < -0.39 is 0 Å². The molecule has 0 aliphatic heterocycles. The lowest BCUT2D eigenvalue weighted by Crippen LogP contribution is -2.43. The maximum Gasteiger partial charge on any atom is 0.0692 e. The molecule has 1 aliphatic rings. The molecular weight excluding hydrogens is 198 g/mol. The quantitative estimate of drug-likeness (QED) is 0.754. The maximum absolute atomic E-state index is 10.1. The second-order valence-electron chi connectivity index (χ2n) is 5.33. The Kier molecular flexibility index (Phi) is 6.37. The van der Waals surface area contributed by atoms with E-state index in [1.165, 1.54) is 32.1 Å². The number of aliphatic hydroxyl groups is 1. The summed E-state index contributed by atoms with van der Waals surface area (Å²) in [6.45, 7) is 8.48. The molecule has 2 heteroatoms. The van der Waals surface area contributed by atoms with Gasteiger partial charge < -0.3 is 5.11 Å². The van der Waals surface area contributed by atoms with Gasteiger partial charge in [0.15, 0.2) is 0 Å². The van der Waals surface area contributed by atoms with Crippen LogP contribution in [0.4, 0.5) is 0 Å². The standard InChI is InChI=1S/C14H29NO/c1-4-12(3)14(16)11-15(5-2)13-9-7-6-8-10-13/h12-14,16H,4-11H2,1-3H3. The zero-order valence-electron chi connectivity index (χ0n) is 11.3. The van der Waals surface area contributed by atoms with E-state index >= 15 is 0 Å². The molecule has 0 saturated heterocycles. The van der Waals surface area contributed by atoms with Crippen molar-refractivity contribution in [2.75, 3.05) is 13.1 Å². The van der Waals surface area contributed by atoms with Gasteiger partial charge in [-0.2, -0.15) is 0 Å². The first kappa shape index (κ1) is 14.0. The van der Waals surface area contributed by atoms with Crippen LogP contribution < -0.4 is 0 Å². The van der Waals surface area contributed by atoms with Crippen LogP contribution in [0.2, 0.25) is 0 Å². The first-order valence-electron chi connectivity index (χ1n) is 7.11. The van der Waals surface area contributed by atoms with E-state index in [4.69, 9.17) is 0 Å². The fourth-order valence-corrected chi connectivity index (χ4v) is 2.67. The first-order chi connectivity index (χ1) is 7.69. The van der Waals surface area contributed by atoms with Gasteiger partial charge in [-0.05, 0) is 25.3 Å². The molecule has 16 heavy (non-hydrogen) atoms. The van der Waals surface area contributed by atoms with Crippen LogP contribution in [0.25, 0.3) is 0 Å². The predicted octanol–water partition coefficient (Wildman–Crippen LogP) is 3.05. The summed E-state index contributed by atoms with van der Waals surface area (Å²) in [5.74, 6) is 0.428. The van der Waals surface area contributed by atoms with Gasteiger partial charge in [-0.1, -0.05) is 46.5 Å². The molecule has 2 atom stereocenters. The molecule has 0 aromatic carbocycles. The number of hydrogen-bond acceptors (Lipinski definition) is 2. The normalized spacial score (nSPS) is 22.3. The van der Waals surface area contributed by atoms with E-state index in [0.29, 0.717) is 5.92 Å². The third-order valence-electron chi connectivity index (χ3n) is 4.22. The fraction of sp³-hybridized carbons (Fsp3) is 1.00. The summed E-state index contributed by atoms with van der Waals surface area (Å²) in [5.41, 5.74) is 0. The van der Waals surface area contributed by atoms with Gasteiger partial charge in [-0.25, -0.2) is 0 Å². The largest absolute Gasteiger partial charge is 0.392 e. The van der Waals surface area contributed by atoms with Crippen LogP contribution >= 0.6 is 0 Å². The Labute approximate surface area is 101 Å².